The van der Waals surface area contributed by atoms with Crippen molar-refractivity contribution in [3.63, 3.8) is 0 Å². The summed E-state index contributed by atoms with van der Waals surface area (Å²) in [6, 6.07) is 18.4. The predicted molar refractivity (Wildman–Crippen MR) is 130 cm³/mol. The van der Waals surface area contributed by atoms with Gasteiger partial charge in [-0.05, 0) is 34.4 Å². The second kappa shape index (κ2) is 10.4. The van der Waals surface area contributed by atoms with Gasteiger partial charge in [-0.3, -0.25) is 4.79 Å². The molecule has 1 saturated heterocycles. The number of rotatable bonds is 9. The van der Waals surface area contributed by atoms with Gasteiger partial charge in [0, 0.05) is 11.6 Å². The number of aromatic nitrogens is 1. The zero-order valence-electron chi connectivity index (χ0n) is 17.4. The minimum Gasteiger partial charge on any atom is -0.451 e. The molecule has 1 fully saturated rings. The summed E-state index contributed by atoms with van der Waals surface area (Å²) < 4.78 is 6.94. The van der Waals surface area contributed by atoms with Crippen LogP contribution < -0.4 is 0 Å². The molecule has 8 heteroatoms. The maximum atomic E-state index is 13.4. The van der Waals surface area contributed by atoms with Crippen molar-refractivity contribution in [3.05, 3.63) is 95.5 Å². The SMILES string of the molecule is C=C(C)C(C(=O)OC(c1ccccc1)c1ccccc1)N1C(=O)CC1SSc1nccs1. The van der Waals surface area contributed by atoms with E-state index in [2.05, 4.69) is 11.6 Å². The van der Waals surface area contributed by atoms with Crippen LogP contribution in [-0.4, -0.2) is 33.2 Å². The molecule has 2 aromatic carbocycles. The molecular weight excluding hydrogens is 460 g/mol. The molecule has 0 bridgehead atoms. The number of thiazole rings is 1. The molecule has 0 radical (unpaired) electrons. The van der Waals surface area contributed by atoms with Crippen LogP contribution in [0.25, 0.3) is 0 Å². The first-order chi connectivity index (χ1) is 15.5. The van der Waals surface area contributed by atoms with E-state index in [1.54, 1.807) is 29.4 Å². The maximum Gasteiger partial charge on any atom is 0.334 e. The Kier molecular flexibility index (Phi) is 7.34. The summed E-state index contributed by atoms with van der Waals surface area (Å²) >= 11 is 1.54. The number of carbonyl (C=O) groups is 2. The topological polar surface area (TPSA) is 59.5 Å². The summed E-state index contributed by atoms with van der Waals surface area (Å²) in [5, 5.41) is 1.77. The Bertz CT molecular complexity index is 1030. The number of hydrogen-bond donors (Lipinski definition) is 0. The Morgan fingerprint density at radius 2 is 1.78 bits per heavy atom. The van der Waals surface area contributed by atoms with Gasteiger partial charge >= 0.3 is 5.97 Å². The first-order valence-electron chi connectivity index (χ1n) is 10.0. The molecule has 3 aromatic rings. The number of ether oxygens (including phenoxy) is 1. The third-order valence-corrected chi connectivity index (χ3v) is 8.80. The van der Waals surface area contributed by atoms with Gasteiger partial charge in [0.25, 0.3) is 0 Å². The molecule has 0 N–H and O–H groups in total. The van der Waals surface area contributed by atoms with Crippen LogP contribution in [0, 0.1) is 0 Å². The molecule has 164 valence electrons. The van der Waals surface area contributed by atoms with E-state index in [4.69, 9.17) is 4.74 Å². The highest BCUT2D eigenvalue weighted by Crippen LogP contribution is 2.44. The standard InChI is InChI=1S/C24H22N2O3S3/c1-16(2)21(26-19(27)15-20(26)31-32-24-25-13-14-30-24)23(28)29-22(17-9-5-3-6-10-17)18-11-7-4-8-12-18/h3-14,20-22H,1,15H2,2H3. The molecule has 1 amide bonds. The van der Waals surface area contributed by atoms with Crippen LogP contribution in [0.4, 0.5) is 0 Å². The van der Waals surface area contributed by atoms with E-state index < -0.39 is 18.1 Å². The van der Waals surface area contributed by atoms with E-state index >= 15 is 0 Å². The number of benzene rings is 2. The minimum absolute atomic E-state index is 0.0804. The van der Waals surface area contributed by atoms with Crippen LogP contribution in [0.2, 0.25) is 0 Å². The molecule has 2 unspecified atom stereocenters. The second-order valence-electron chi connectivity index (χ2n) is 7.32. The number of carbonyl (C=O) groups excluding carboxylic acids is 2. The van der Waals surface area contributed by atoms with Crippen molar-refractivity contribution in [1.29, 1.82) is 0 Å². The van der Waals surface area contributed by atoms with Crippen molar-refractivity contribution < 1.29 is 14.3 Å². The van der Waals surface area contributed by atoms with Gasteiger partial charge < -0.3 is 9.64 Å². The molecule has 0 spiro atoms. The van der Waals surface area contributed by atoms with Gasteiger partial charge in [0.05, 0.1) is 11.8 Å². The van der Waals surface area contributed by atoms with Gasteiger partial charge in [0.1, 0.15) is 0 Å². The first-order valence-corrected chi connectivity index (χ1v) is 13.1. The van der Waals surface area contributed by atoms with Gasteiger partial charge in [-0.2, -0.15) is 0 Å². The van der Waals surface area contributed by atoms with Crippen molar-refractivity contribution in [3.8, 4) is 0 Å². The minimum atomic E-state index is -0.833. The molecular formula is C24H22N2O3S3. The van der Waals surface area contributed by atoms with Gasteiger partial charge in [-0.15, -0.1) is 11.3 Å². The summed E-state index contributed by atoms with van der Waals surface area (Å²) in [7, 11) is 3.04. The van der Waals surface area contributed by atoms with E-state index in [0.717, 1.165) is 15.5 Å². The van der Waals surface area contributed by atoms with E-state index in [-0.39, 0.29) is 11.3 Å². The largest absolute Gasteiger partial charge is 0.451 e. The zero-order chi connectivity index (χ0) is 22.5. The van der Waals surface area contributed by atoms with Crippen molar-refractivity contribution in [1.82, 2.24) is 9.88 Å². The summed E-state index contributed by atoms with van der Waals surface area (Å²) in [6.45, 7) is 5.75. The van der Waals surface area contributed by atoms with Gasteiger partial charge in [-0.25, -0.2) is 9.78 Å². The first kappa shape index (κ1) is 22.6. The van der Waals surface area contributed by atoms with Crippen molar-refractivity contribution in [2.75, 3.05) is 0 Å². The average Bonchev–Trinajstić information content (AvgIpc) is 3.33. The lowest BCUT2D eigenvalue weighted by Crippen LogP contribution is -2.59. The molecule has 1 aliphatic rings. The Morgan fingerprint density at radius 3 is 2.28 bits per heavy atom. The number of likely N-dealkylation sites (tertiary alicyclic amines) is 1. The van der Waals surface area contributed by atoms with Crippen molar-refractivity contribution >= 4 is 44.8 Å². The van der Waals surface area contributed by atoms with Gasteiger partial charge in [-0.1, -0.05) is 78.0 Å². The van der Waals surface area contributed by atoms with Crippen molar-refractivity contribution in [2.24, 2.45) is 0 Å². The quantitative estimate of drug-likeness (QED) is 0.168. The van der Waals surface area contributed by atoms with Crippen LogP contribution in [0.5, 0.6) is 0 Å². The Morgan fingerprint density at radius 1 is 1.16 bits per heavy atom. The summed E-state index contributed by atoms with van der Waals surface area (Å²) in [5.74, 6) is -0.559. The fourth-order valence-electron chi connectivity index (χ4n) is 3.46. The lowest BCUT2D eigenvalue weighted by Gasteiger charge is -2.44. The lowest BCUT2D eigenvalue weighted by molar-refractivity contribution is -0.162. The number of nitrogens with zero attached hydrogens (tertiary/aromatic N) is 2. The van der Waals surface area contributed by atoms with E-state index in [0.29, 0.717) is 12.0 Å². The lowest BCUT2D eigenvalue weighted by atomic mass is 10.00. The van der Waals surface area contributed by atoms with Crippen LogP contribution in [0.3, 0.4) is 0 Å². The number of esters is 1. The Hall–Kier alpha value is -2.55. The highest BCUT2D eigenvalue weighted by molar-refractivity contribution is 8.77. The third-order valence-electron chi connectivity index (χ3n) is 4.99. The van der Waals surface area contributed by atoms with Gasteiger partial charge in [0.2, 0.25) is 5.91 Å². The Labute approximate surface area is 199 Å². The second-order valence-corrected chi connectivity index (χ2v) is 10.8. The monoisotopic (exact) mass is 482 g/mol. The molecule has 4 rings (SSSR count). The molecule has 2 atom stereocenters. The molecule has 0 aliphatic carbocycles. The fourth-order valence-corrected chi connectivity index (χ4v) is 6.88. The number of β-lactam (4-membered cyclic amide) rings is 1. The fraction of sp³-hybridized carbons (Fsp3) is 0.208. The summed E-state index contributed by atoms with van der Waals surface area (Å²) in [6.07, 6.45) is 1.55. The normalized spacial score (nSPS) is 16.5. The van der Waals surface area contributed by atoms with E-state index in [1.807, 2.05) is 66.0 Å². The molecule has 2 heterocycles. The van der Waals surface area contributed by atoms with E-state index in [9.17, 15) is 9.59 Å². The molecule has 0 saturated carbocycles. The van der Waals surface area contributed by atoms with Crippen molar-refractivity contribution in [2.45, 2.75) is 35.2 Å². The van der Waals surface area contributed by atoms with Crippen LogP contribution in [-0.2, 0) is 14.3 Å². The average molecular weight is 483 g/mol. The predicted octanol–water partition coefficient (Wildman–Crippen LogP) is 5.72. The highest BCUT2D eigenvalue weighted by atomic mass is 33.1. The molecule has 1 aromatic heterocycles. The Balaban J connectivity index is 1.54. The number of hydrogen-bond acceptors (Lipinski definition) is 7. The third kappa shape index (κ3) is 5.09. The smallest absolute Gasteiger partial charge is 0.334 e. The van der Waals surface area contributed by atoms with Crippen LogP contribution >= 0.6 is 32.9 Å². The summed E-state index contributed by atoms with van der Waals surface area (Å²) in [5.41, 5.74) is 2.31. The van der Waals surface area contributed by atoms with E-state index in [1.165, 1.54) is 21.6 Å². The molecule has 1 aliphatic heterocycles. The van der Waals surface area contributed by atoms with Crippen LogP contribution in [0.1, 0.15) is 30.6 Å². The highest BCUT2D eigenvalue weighted by Gasteiger charge is 2.46. The molecule has 32 heavy (non-hydrogen) atoms. The number of amides is 1. The zero-order valence-corrected chi connectivity index (χ0v) is 19.9. The summed E-state index contributed by atoms with van der Waals surface area (Å²) in [4.78, 5) is 31.8. The van der Waals surface area contributed by atoms with Gasteiger partial charge in [0.15, 0.2) is 16.5 Å². The van der Waals surface area contributed by atoms with Crippen LogP contribution in [0.15, 0.2) is 88.7 Å². The molecule has 5 nitrogen and oxygen atoms in total. The maximum absolute atomic E-state index is 13.4.